The lowest BCUT2D eigenvalue weighted by atomic mass is 10.3. The SMILES string of the molecule is CCN(CC)P(=Nc1ccccc1)(c1c(C)nc2ccccn12)N(CC)CC. The van der Waals surface area contributed by atoms with Gasteiger partial charge in [0.25, 0.3) is 0 Å². The molecule has 0 aliphatic rings. The second kappa shape index (κ2) is 9.04. The Balaban J connectivity index is 2.47. The summed E-state index contributed by atoms with van der Waals surface area (Å²) < 4.78 is 12.9. The maximum absolute atomic E-state index is 5.53. The number of fused-ring (bicyclic) bond motifs is 1. The zero-order valence-electron chi connectivity index (χ0n) is 17.7. The number of hydrogen-bond acceptors (Lipinski definition) is 2. The molecule has 1 aromatic carbocycles. The van der Waals surface area contributed by atoms with Crippen molar-refractivity contribution in [3.8, 4) is 0 Å². The summed E-state index contributed by atoms with van der Waals surface area (Å²) in [4.78, 5) is 4.90. The molecule has 28 heavy (non-hydrogen) atoms. The summed E-state index contributed by atoms with van der Waals surface area (Å²) in [6, 6.07) is 16.6. The van der Waals surface area contributed by atoms with Gasteiger partial charge in [-0.3, -0.25) is 13.7 Å². The zero-order valence-corrected chi connectivity index (χ0v) is 18.6. The van der Waals surface area contributed by atoms with Crippen LogP contribution in [0.1, 0.15) is 33.4 Å². The molecule has 0 bridgehead atoms. The Hall–Kier alpha value is -1.94. The minimum Gasteiger partial charge on any atom is -0.296 e. The molecule has 0 amide bonds. The highest BCUT2D eigenvalue weighted by molar-refractivity contribution is 7.69. The van der Waals surface area contributed by atoms with Crippen LogP contribution >= 0.6 is 7.36 Å². The van der Waals surface area contributed by atoms with E-state index in [9.17, 15) is 0 Å². The quantitative estimate of drug-likeness (QED) is 0.483. The van der Waals surface area contributed by atoms with Gasteiger partial charge >= 0.3 is 0 Å². The normalized spacial score (nSPS) is 12.2. The Kier molecular flexibility index (Phi) is 6.71. The number of rotatable bonds is 8. The van der Waals surface area contributed by atoms with Crippen molar-refractivity contribution in [1.82, 2.24) is 18.7 Å². The molecular weight excluding hydrogens is 365 g/mol. The van der Waals surface area contributed by atoms with E-state index in [1.165, 1.54) is 5.44 Å². The van der Waals surface area contributed by atoms with Crippen molar-refractivity contribution in [1.29, 1.82) is 0 Å². The van der Waals surface area contributed by atoms with Gasteiger partial charge in [0.05, 0.1) is 11.4 Å². The van der Waals surface area contributed by atoms with Gasteiger partial charge in [-0.05, 0) is 31.2 Å². The minimum atomic E-state index is -2.23. The number of pyridine rings is 1. The van der Waals surface area contributed by atoms with Crippen LogP contribution < -0.4 is 5.44 Å². The summed E-state index contributed by atoms with van der Waals surface area (Å²) in [6.45, 7) is 14.8. The Bertz CT molecular complexity index is 939. The molecule has 150 valence electrons. The van der Waals surface area contributed by atoms with Crippen LogP contribution in [0, 0.1) is 6.92 Å². The summed E-state index contributed by atoms with van der Waals surface area (Å²) in [7, 11) is -2.23. The maximum atomic E-state index is 5.53. The lowest BCUT2D eigenvalue weighted by molar-refractivity contribution is 0.420. The number of aryl methyl sites for hydroxylation is 1. The molecule has 0 radical (unpaired) electrons. The van der Waals surface area contributed by atoms with Crippen LogP contribution in [0.2, 0.25) is 0 Å². The molecule has 5 nitrogen and oxygen atoms in total. The number of aromatic nitrogens is 2. The first kappa shape index (κ1) is 20.8. The van der Waals surface area contributed by atoms with Crippen molar-refractivity contribution >= 4 is 24.1 Å². The molecular formula is C22H32N5P. The van der Waals surface area contributed by atoms with E-state index in [0.717, 1.165) is 43.2 Å². The van der Waals surface area contributed by atoms with Gasteiger partial charge in [-0.25, -0.2) is 9.73 Å². The first-order valence-electron chi connectivity index (χ1n) is 10.2. The van der Waals surface area contributed by atoms with E-state index in [2.05, 4.69) is 97.0 Å². The van der Waals surface area contributed by atoms with Crippen molar-refractivity contribution in [2.24, 2.45) is 4.74 Å². The molecule has 0 fully saturated rings. The van der Waals surface area contributed by atoms with E-state index < -0.39 is 7.36 Å². The van der Waals surface area contributed by atoms with E-state index in [1.807, 2.05) is 6.07 Å². The van der Waals surface area contributed by atoms with Gasteiger partial charge in [-0.15, -0.1) is 0 Å². The average Bonchev–Trinajstić information content (AvgIpc) is 3.06. The molecule has 0 N–H and O–H groups in total. The summed E-state index contributed by atoms with van der Waals surface area (Å²) >= 11 is 0. The third-order valence-electron chi connectivity index (χ3n) is 5.22. The molecule has 3 rings (SSSR count). The van der Waals surface area contributed by atoms with Crippen LogP contribution in [-0.2, 0) is 0 Å². The number of imidazole rings is 1. The predicted octanol–water partition coefficient (Wildman–Crippen LogP) is 5.31. The molecule has 0 saturated carbocycles. The minimum absolute atomic E-state index is 0.941. The summed E-state index contributed by atoms with van der Waals surface area (Å²) in [5.74, 6) is 0. The van der Waals surface area contributed by atoms with Gasteiger partial charge in [0.15, 0.2) is 7.36 Å². The lowest BCUT2D eigenvalue weighted by Gasteiger charge is -2.42. The first-order chi connectivity index (χ1) is 13.6. The maximum Gasteiger partial charge on any atom is 0.150 e. The molecule has 0 atom stereocenters. The Morgan fingerprint density at radius 3 is 2.00 bits per heavy atom. The zero-order chi connectivity index (χ0) is 20.1. The standard InChI is InChI=1S/C22H32N5P/c1-6-25(7-2)28(26(8-3)9-4,24-20-15-11-10-12-16-20)22-19(5)23-21-17-13-14-18-27(21)22/h10-18H,6-9H2,1-5H3. The smallest absolute Gasteiger partial charge is 0.150 e. The molecule has 0 saturated heterocycles. The van der Waals surface area contributed by atoms with Crippen LogP contribution in [0.5, 0.6) is 0 Å². The van der Waals surface area contributed by atoms with Crippen molar-refractivity contribution < 1.29 is 0 Å². The average molecular weight is 398 g/mol. The monoisotopic (exact) mass is 397 g/mol. The van der Waals surface area contributed by atoms with E-state index >= 15 is 0 Å². The summed E-state index contributed by atoms with van der Waals surface area (Å²) in [5.41, 5.74) is 4.32. The third-order valence-corrected chi connectivity index (χ3v) is 9.54. The highest BCUT2D eigenvalue weighted by atomic mass is 31.2. The Morgan fingerprint density at radius 1 is 0.857 bits per heavy atom. The fraction of sp³-hybridized carbons (Fsp3) is 0.409. The van der Waals surface area contributed by atoms with E-state index in [-0.39, 0.29) is 0 Å². The highest BCUT2D eigenvalue weighted by Gasteiger charge is 2.38. The van der Waals surface area contributed by atoms with Gasteiger partial charge in [-0.2, -0.15) is 0 Å². The van der Waals surface area contributed by atoms with E-state index in [4.69, 9.17) is 9.73 Å². The Morgan fingerprint density at radius 2 is 1.43 bits per heavy atom. The highest BCUT2D eigenvalue weighted by Crippen LogP contribution is 2.57. The molecule has 0 aliphatic carbocycles. The predicted molar refractivity (Wildman–Crippen MR) is 121 cm³/mol. The van der Waals surface area contributed by atoms with Crippen LogP contribution in [0.3, 0.4) is 0 Å². The van der Waals surface area contributed by atoms with Gasteiger partial charge in [0, 0.05) is 32.4 Å². The van der Waals surface area contributed by atoms with Crippen LogP contribution in [0.25, 0.3) is 5.65 Å². The van der Waals surface area contributed by atoms with E-state index in [1.54, 1.807) is 0 Å². The lowest BCUT2D eigenvalue weighted by Crippen LogP contribution is -2.39. The van der Waals surface area contributed by atoms with Crippen molar-refractivity contribution in [3.63, 3.8) is 0 Å². The summed E-state index contributed by atoms with van der Waals surface area (Å²) in [6.07, 6.45) is 2.13. The van der Waals surface area contributed by atoms with Crippen molar-refractivity contribution in [3.05, 3.63) is 60.4 Å². The molecule has 0 spiro atoms. The van der Waals surface area contributed by atoms with Crippen LogP contribution in [0.4, 0.5) is 5.69 Å². The van der Waals surface area contributed by atoms with Gasteiger partial charge in [0.2, 0.25) is 0 Å². The second-order valence-corrected chi connectivity index (χ2v) is 9.62. The fourth-order valence-corrected chi connectivity index (χ4v) is 8.19. The van der Waals surface area contributed by atoms with Crippen LogP contribution in [-0.4, -0.2) is 44.9 Å². The molecule has 0 unspecified atom stereocenters. The number of nitrogens with zero attached hydrogens (tertiary/aromatic N) is 5. The molecule has 6 heteroatoms. The van der Waals surface area contributed by atoms with Gasteiger partial charge in [-0.1, -0.05) is 52.0 Å². The molecule has 2 aromatic heterocycles. The van der Waals surface area contributed by atoms with E-state index in [0.29, 0.717) is 0 Å². The Labute approximate surface area is 169 Å². The fourth-order valence-electron chi connectivity index (χ4n) is 3.97. The van der Waals surface area contributed by atoms with Gasteiger partial charge in [0.1, 0.15) is 11.1 Å². The molecule has 0 aliphatic heterocycles. The third kappa shape index (κ3) is 3.55. The van der Waals surface area contributed by atoms with Crippen LogP contribution in [0.15, 0.2) is 59.5 Å². The van der Waals surface area contributed by atoms with Crippen molar-refractivity contribution in [2.45, 2.75) is 34.6 Å². The molecule has 3 aromatic rings. The second-order valence-electron chi connectivity index (χ2n) is 6.73. The summed E-state index contributed by atoms with van der Waals surface area (Å²) in [5, 5.41) is 0. The van der Waals surface area contributed by atoms with Crippen molar-refractivity contribution in [2.75, 3.05) is 26.2 Å². The number of hydrogen-bond donors (Lipinski definition) is 0. The topological polar surface area (TPSA) is 36.1 Å². The number of benzene rings is 1. The largest absolute Gasteiger partial charge is 0.296 e. The van der Waals surface area contributed by atoms with Gasteiger partial charge < -0.3 is 0 Å². The first-order valence-corrected chi connectivity index (χ1v) is 11.9. The molecule has 2 heterocycles.